The van der Waals surface area contributed by atoms with Crippen LogP contribution in [-0.4, -0.2) is 29.2 Å². The standard InChI is InChI=1S/C30H37ClFN3O4Si/c1-17-12-22(20(4)37-24-10-11-25(31)34-29(24)32)28-23(13-17)26(36)19(3)27(38-28)21-14-33-35(16-21)15-18(2)39-40(8,9)30(5,6)7/h10-14,16,18,20H,15H2,1-9H3/t18-,20+/m0/s1. The fourth-order valence-electron chi connectivity index (χ4n) is 4.45. The molecule has 0 spiro atoms. The van der Waals surface area contributed by atoms with Crippen LogP contribution in [0.3, 0.4) is 0 Å². The van der Waals surface area contributed by atoms with Gasteiger partial charge in [0.1, 0.15) is 22.6 Å². The van der Waals surface area contributed by atoms with Crippen molar-refractivity contribution in [3.05, 3.63) is 74.7 Å². The summed E-state index contributed by atoms with van der Waals surface area (Å²) in [6.07, 6.45) is 2.88. The van der Waals surface area contributed by atoms with E-state index in [-0.39, 0.29) is 27.5 Å². The van der Waals surface area contributed by atoms with Gasteiger partial charge in [-0.05, 0) is 75.7 Å². The van der Waals surface area contributed by atoms with E-state index in [1.54, 1.807) is 26.1 Å². The summed E-state index contributed by atoms with van der Waals surface area (Å²) in [6.45, 7) is 19.1. The van der Waals surface area contributed by atoms with Crippen LogP contribution in [0.5, 0.6) is 5.75 Å². The van der Waals surface area contributed by atoms with Gasteiger partial charge in [-0.1, -0.05) is 32.4 Å². The van der Waals surface area contributed by atoms with Gasteiger partial charge < -0.3 is 13.6 Å². The molecule has 7 nitrogen and oxygen atoms in total. The Morgan fingerprint density at radius 3 is 2.52 bits per heavy atom. The Hall–Kier alpha value is -3.01. The van der Waals surface area contributed by atoms with E-state index in [0.717, 1.165) is 5.56 Å². The average molecular weight is 586 g/mol. The summed E-state index contributed by atoms with van der Waals surface area (Å²) in [4.78, 5) is 17.1. The largest absolute Gasteiger partial charge is 0.481 e. The van der Waals surface area contributed by atoms with Gasteiger partial charge in [-0.25, -0.2) is 4.98 Å². The number of aryl methyl sites for hydroxylation is 1. The molecular weight excluding hydrogens is 549 g/mol. The molecule has 0 unspecified atom stereocenters. The predicted molar refractivity (Wildman–Crippen MR) is 159 cm³/mol. The molecule has 1 aromatic carbocycles. The van der Waals surface area contributed by atoms with Crippen molar-refractivity contribution in [2.45, 2.75) is 85.4 Å². The maximum Gasteiger partial charge on any atom is 0.256 e. The molecule has 0 amide bonds. The number of benzene rings is 1. The summed E-state index contributed by atoms with van der Waals surface area (Å²) in [6, 6.07) is 6.55. The Balaban J connectivity index is 1.69. The van der Waals surface area contributed by atoms with E-state index in [1.807, 2.05) is 23.9 Å². The molecule has 4 rings (SSSR count). The third-order valence-electron chi connectivity index (χ3n) is 7.56. The van der Waals surface area contributed by atoms with Crippen LogP contribution < -0.4 is 10.2 Å². The summed E-state index contributed by atoms with van der Waals surface area (Å²) < 4.78 is 35.0. The molecule has 10 heteroatoms. The molecule has 3 heterocycles. The zero-order chi connectivity index (χ0) is 29.6. The van der Waals surface area contributed by atoms with Gasteiger partial charge in [0.05, 0.1) is 29.8 Å². The van der Waals surface area contributed by atoms with Crippen LogP contribution in [0.4, 0.5) is 4.39 Å². The van der Waals surface area contributed by atoms with Crippen LogP contribution in [0.25, 0.3) is 22.3 Å². The lowest BCUT2D eigenvalue weighted by Gasteiger charge is -2.38. The zero-order valence-corrected chi connectivity index (χ0v) is 26.3. The van der Waals surface area contributed by atoms with Crippen molar-refractivity contribution < 1.29 is 18.0 Å². The van der Waals surface area contributed by atoms with Gasteiger partial charge in [0.25, 0.3) is 5.95 Å². The minimum absolute atomic E-state index is 0.0334. The number of pyridine rings is 1. The van der Waals surface area contributed by atoms with Crippen LogP contribution in [0.1, 0.15) is 57.4 Å². The first kappa shape index (κ1) is 30.0. The van der Waals surface area contributed by atoms with Crippen LogP contribution >= 0.6 is 11.6 Å². The number of hydrogen-bond acceptors (Lipinski definition) is 6. The Morgan fingerprint density at radius 2 is 1.88 bits per heavy atom. The van der Waals surface area contributed by atoms with E-state index in [4.69, 9.17) is 25.2 Å². The van der Waals surface area contributed by atoms with Crippen LogP contribution in [-0.2, 0) is 11.0 Å². The molecule has 0 aliphatic heterocycles. The Bertz CT molecular complexity index is 1610. The number of halogens is 2. The van der Waals surface area contributed by atoms with Crippen LogP contribution in [0, 0.1) is 19.8 Å². The third kappa shape index (κ3) is 6.16. The van der Waals surface area contributed by atoms with Gasteiger partial charge in [0, 0.05) is 17.3 Å². The van der Waals surface area contributed by atoms with Crippen molar-refractivity contribution in [2.24, 2.45) is 0 Å². The molecule has 0 aliphatic rings. The molecule has 0 saturated heterocycles. The van der Waals surface area contributed by atoms with Gasteiger partial charge in [0.2, 0.25) is 0 Å². The Labute approximate surface area is 240 Å². The minimum Gasteiger partial charge on any atom is -0.481 e. The monoisotopic (exact) mass is 585 g/mol. The lowest BCUT2D eigenvalue weighted by Crippen LogP contribution is -2.44. The summed E-state index contributed by atoms with van der Waals surface area (Å²) in [5.41, 5.74) is 2.88. The van der Waals surface area contributed by atoms with E-state index in [0.29, 0.717) is 40.0 Å². The maximum atomic E-state index is 14.4. The fraction of sp³-hybridized carbons (Fsp3) is 0.433. The maximum absolute atomic E-state index is 14.4. The summed E-state index contributed by atoms with van der Waals surface area (Å²) in [5.74, 6) is -0.427. The molecule has 4 aromatic rings. The number of fused-ring (bicyclic) bond motifs is 1. The van der Waals surface area contributed by atoms with E-state index in [2.05, 4.69) is 50.9 Å². The molecule has 0 bridgehead atoms. The van der Waals surface area contributed by atoms with Crippen LogP contribution in [0.15, 0.2) is 45.9 Å². The van der Waals surface area contributed by atoms with Gasteiger partial charge in [-0.3, -0.25) is 9.48 Å². The van der Waals surface area contributed by atoms with Crippen molar-refractivity contribution >= 4 is 30.9 Å². The zero-order valence-electron chi connectivity index (χ0n) is 24.6. The third-order valence-corrected chi connectivity index (χ3v) is 12.4. The molecule has 0 aliphatic carbocycles. The second-order valence-corrected chi connectivity index (χ2v) is 17.1. The van der Waals surface area contributed by atoms with Crippen molar-refractivity contribution in [3.63, 3.8) is 0 Å². The quantitative estimate of drug-likeness (QED) is 0.154. The molecule has 0 saturated carbocycles. The van der Waals surface area contributed by atoms with Crippen molar-refractivity contribution in [1.82, 2.24) is 14.8 Å². The van der Waals surface area contributed by atoms with Crippen molar-refractivity contribution in [2.75, 3.05) is 0 Å². The highest BCUT2D eigenvalue weighted by molar-refractivity contribution is 6.74. The number of aromatic nitrogens is 3. The van der Waals surface area contributed by atoms with Gasteiger partial charge in [-0.2, -0.15) is 9.49 Å². The molecule has 40 heavy (non-hydrogen) atoms. The minimum atomic E-state index is -1.93. The first-order valence-electron chi connectivity index (χ1n) is 13.3. The Morgan fingerprint density at radius 1 is 1.18 bits per heavy atom. The second-order valence-electron chi connectivity index (χ2n) is 11.9. The lowest BCUT2D eigenvalue weighted by molar-refractivity contribution is 0.174. The summed E-state index contributed by atoms with van der Waals surface area (Å²) in [5, 5.41) is 5.10. The van der Waals surface area contributed by atoms with E-state index >= 15 is 0 Å². The van der Waals surface area contributed by atoms with E-state index in [9.17, 15) is 9.18 Å². The Kier molecular flexibility index (Phi) is 8.32. The highest BCUT2D eigenvalue weighted by Crippen LogP contribution is 2.38. The molecule has 0 fully saturated rings. The lowest BCUT2D eigenvalue weighted by atomic mass is 10.0. The summed E-state index contributed by atoms with van der Waals surface area (Å²) >= 11 is 5.78. The fourth-order valence-corrected chi connectivity index (χ4v) is 6.02. The molecule has 0 N–H and O–H groups in total. The van der Waals surface area contributed by atoms with E-state index in [1.165, 1.54) is 12.1 Å². The van der Waals surface area contributed by atoms with Crippen molar-refractivity contribution in [3.8, 4) is 17.1 Å². The van der Waals surface area contributed by atoms with Gasteiger partial charge >= 0.3 is 0 Å². The SMILES string of the molecule is Cc1cc([C@@H](C)Oc2ccc(Cl)nc2F)c2oc(-c3cnn(C[C@H](C)O[Si](C)(C)C(C)(C)C)c3)c(C)c(=O)c2c1. The summed E-state index contributed by atoms with van der Waals surface area (Å²) in [7, 11) is -1.93. The topological polar surface area (TPSA) is 79.4 Å². The molecule has 3 aromatic heterocycles. The normalized spacial score (nSPS) is 14.0. The van der Waals surface area contributed by atoms with E-state index < -0.39 is 20.4 Å². The smallest absolute Gasteiger partial charge is 0.256 e. The first-order valence-corrected chi connectivity index (χ1v) is 16.6. The molecule has 0 radical (unpaired) electrons. The first-order chi connectivity index (χ1) is 18.6. The number of nitrogens with zero attached hydrogens (tertiary/aromatic N) is 3. The molecular formula is C30H37ClFN3O4Si. The van der Waals surface area contributed by atoms with Crippen molar-refractivity contribution in [1.29, 1.82) is 0 Å². The highest BCUT2D eigenvalue weighted by Gasteiger charge is 2.38. The molecule has 2 atom stereocenters. The van der Waals surface area contributed by atoms with Gasteiger partial charge in [-0.15, -0.1) is 0 Å². The number of ether oxygens (including phenoxy) is 1. The highest BCUT2D eigenvalue weighted by atomic mass is 35.5. The molecule has 214 valence electrons. The number of hydrogen-bond donors (Lipinski definition) is 0. The van der Waals surface area contributed by atoms with Crippen LogP contribution in [0.2, 0.25) is 23.3 Å². The average Bonchev–Trinajstić information content (AvgIpc) is 3.29. The predicted octanol–water partition coefficient (Wildman–Crippen LogP) is 8.01. The second kappa shape index (κ2) is 11.1. The number of rotatable bonds is 8. The van der Waals surface area contributed by atoms with Gasteiger partial charge in [0.15, 0.2) is 19.5 Å².